The summed E-state index contributed by atoms with van der Waals surface area (Å²) in [6.45, 7) is 2.03. The number of rotatable bonds is 2. The molecule has 0 aliphatic rings. The Labute approximate surface area is 134 Å². The van der Waals surface area contributed by atoms with E-state index in [0.717, 1.165) is 32.9 Å². The van der Waals surface area contributed by atoms with E-state index in [1.165, 1.54) is 0 Å². The molecule has 3 aromatic carbocycles. The summed E-state index contributed by atoms with van der Waals surface area (Å²) in [5.41, 5.74) is 3.51. The molecule has 0 bridgehead atoms. The molecule has 0 aliphatic carbocycles. The van der Waals surface area contributed by atoms with E-state index in [1.807, 2.05) is 67.6 Å². The van der Waals surface area contributed by atoms with Crippen LogP contribution in [-0.2, 0) is 0 Å². The zero-order valence-electron chi connectivity index (χ0n) is 12.8. The number of hydrogen-bond donors (Lipinski definition) is 2. The van der Waals surface area contributed by atoms with Crippen LogP contribution in [0.4, 0.5) is 5.69 Å². The second kappa shape index (κ2) is 5.29. The summed E-state index contributed by atoms with van der Waals surface area (Å²) in [6.07, 6.45) is 0. The number of nitrogens with one attached hydrogen (secondary N) is 2. The van der Waals surface area contributed by atoms with Gasteiger partial charge in [-0.3, -0.25) is 4.79 Å². The Morgan fingerprint density at radius 2 is 1.65 bits per heavy atom. The molecular formula is C20H16N2O. The quantitative estimate of drug-likeness (QED) is 0.544. The maximum absolute atomic E-state index is 12.5. The third-order valence-electron chi connectivity index (χ3n) is 4.12. The molecular weight excluding hydrogens is 284 g/mol. The van der Waals surface area contributed by atoms with Crippen molar-refractivity contribution in [3.05, 3.63) is 78.0 Å². The number of fused-ring (bicyclic) bond motifs is 2. The number of benzene rings is 3. The fraction of sp³-hybridized carbons (Fsp3) is 0.0500. The first-order valence-corrected chi connectivity index (χ1v) is 7.59. The molecule has 2 N–H and O–H groups in total. The van der Waals surface area contributed by atoms with Crippen LogP contribution in [0.1, 0.15) is 16.1 Å². The zero-order chi connectivity index (χ0) is 15.8. The molecule has 3 heteroatoms. The second-order valence-electron chi connectivity index (χ2n) is 5.74. The van der Waals surface area contributed by atoms with Crippen molar-refractivity contribution >= 4 is 33.3 Å². The van der Waals surface area contributed by atoms with Crippen LogP contribution in [0.5, 0.6) is 0 Å². The Bertz CT molecular complexity index is 1030. The van der Waals surface area contributed by atoms with E-state index < -0.39 is 0 Å². The summed E-state index contributed by atoms with van der Waals surface area (Å²) in [7, 11) is 0. The van der Waals surface area contributed by atoms with Gasteiger partial charge in [-0.2, -0.15) is 0 Å². The van der Waals surface area contributed by atoms with E-state index in [-0.39, 0.29) is 5.91 Å². The number of H-pyrrole nitrogens is 1. The van der Waals surface area contributed by atoms with Gasteiger partial charge in [0.1, 0.15) is 5.69 Å². The molecule has 0 fully saturated rings. The maximum atomic E-state index is 12.5. The van der Waals surface area contributed by atoms with Crippen LogP contribution in [0.3, 0.4) is 0 Å². The van der Waals surface area contributed by atoms with Gasteiger partial charge in [0.15, 0.2) is 0 Å². The Morgan fingerprint density at radius 3 is 2.48 bits per heavy atom. The lowest BCUT2D eigenvalue weighted by atomic mass is 10.1. The van der Waals surface area contributed by atoms with E-state index in [9.17, 15) is 4.79 Å². The minimum Gasteiger partial charge on any atom is -0.350 e. The van der Waals surface area contributed by atoms with Crippen LogP contribution in [0.25, 0.3) is 21.7 Å². The molecule has 0 atom stereocenters. The Morgan fingerprint density at radius 1 is 0.870 bits per heavy atom. The second-order valence-corrected chi connectivity index (χ2v) is 5.74. The Hall–Kier alpha value is -3.07. The fourth-order valence-electron chi connectivity index (χ4n) is 2.90. The first kappa shape index (κ1) is 13.6. The highest BCUT2D eigenvalue weighted by molar-refractivity contribution is 6.07. The molecule has 0 aliphatic heterocycles. The lowest BCUT2D eigenvalue weighted by Crippen LogP contribution is -2.12. The van der Waals surface area contributed by atoms with Gasteiger partial charge in [-0.05, 0) is 41.5 Å². The summed E-state index contributed by atoms with van der Waals surface area (Å²) in [4.78, 5) is 15.7. The predicted octanol–water partition coefficient (Wildman–Crippen LogP) is 4.88. The molecule has 3 nitrogen and oxygen atoms in total. The predicted molar refractivity (Wildman–Crippen MR) is 94.9 cm³/mol. The van der Waals surface area contributed by atoms with Crippen molar-refractivity contribution in [1.82, 2.24) is 4.98 Å². The smallest absolute Gasteiger partial charge is 0.272 e. The lowest BCUT2D eigenvalue weighted by molar-refractivity contribution is 0.102. The van der Waals surface area contributed by atoms with Crippen molar-refractivity contribution in [2.75, 3.05) is 5.32 Å². The number of aromatic amines is 1. The van der Waals surface area contributed by atoms with Crippen molar-refractivity contribution in [3.63, 3.8) is 0 Å². The first-order chi connectivity index (χ1) is 11.2. The van der Waals surface area contributed by atoms with Crippen molar-refractivity contribution in [2.45, 2.75) is 6.92 Å². The van der Waals surface area contributed by atoms with E-state index in [4.69, 9.17) is 0 Å². The zero-order valence-corrected chi connectivity index (χ0v) is 12.8. The number of carbonyl (C=O) groups excluding carboxylic acids is 1. The van der Waals surface area contributed by atoms with Crippen LogP contribution in [0.2, 0.25) is 0 Å². The van der Waals surface area contributed by atoms with Crippen LogP contribution in [0, 0.1) is 6.92 Å². The molecule has 1 amide bonds. The highest BCUT2D eigenvalue weighted by Gasteiger charge is 2.11. The number of aromatic nitrogens is 1. The van der Waals surface area contributed by atoms with Gasteiger partial charge in [0.2, 0.25) is 0 Å². The summed E-state index contributed by atoms with van der Waals surface area (Å²) in [5, 5.41) is 6.28. The van der Waals surface area contributed by atoms with Crippen molar-refractivity contribution in [1.29, 1.82) is 0 Å². The van der Waals surface area contributed by atoms with Gasteiger partial charge < -0.3 is 10.3 Å². The minimum atomic E-state index is -0.129. The van der Waals surface area contributed by atoms with E-state index in [2.05, 4.69) is 16.4 Å². The SMILES string of the molecule is Cc1cccc2cc(C(=O)Nc3ccc4ccccc4c3)[nH]c12. The summed E-state index contributed by atoms with van der Waals surface area (Å²) < 4.78 is 0. The number of carbonyl (C=O) groups is 1. The number of aryl methyl sites for hydroxylation is 1. The topological polar surface area (TPSA) is 44.9 Å². The largest absolute Gasteiger partial charge is 0.350 e. The normalized spacial score (nSPS) is 11.0. The third kappa shape index (κ3) is 2.46. The standard InChI is InChI=1S/C20H16N2O/c1-13-5-4-8-16-12-18(22-19(13)16)20(23)21-17-10-9-14-6-2-3-7-15(14)11-17/h2-12,22H,1H3,(H,21,23). The van der Waals surface area contributed by atoms with Crippen molar-refractivity contribution in [3.8, 4) is 0 Å². The van der Waals surface area contributed by atoms with Crippen molar-refractivity contribution < 1.29 is 4.79 Å². The molecule has 0 spiro atoms. The number of para-hydroxylation sites is 1. The van der Waals surface area contributed by atoms with Crippen LogP contribution < -0.4 is 5.32 Å². The highest BCUT2D eigenvalue weighted by Crippen LogP contribution is 2.21. The van der Waals surface area contributed by atoms with Crippen molar-refractivity contribution in [2.24, 2.45) is 0 Å². The maximum Gasteiger partial charge on any atom is 0.272 e. The third-order valence-corrected chi connectivity index (χ3v) is 4.12. The lowest BCUT2D eigenvalue weighted by Gasteiger charge is -2.05. The molecule has 1 heterocycles. The average molecular weight is 300 g/mol. The van der Waals surface area contributed by atoms with Gasteiger partial charge in [-0.15, -0.1) is 0 Å². The molecule has 4 rings (SSSR count). The molecule has 4 aromatic rings. The first-order valence-electron chi connectivity index (χ1n) is 7.59. The van der Waals surface area contributed by atoms with E-state index >= 15 is 0 Å². The monoisotopic (exact) mass is 300 g/mol. The summed E-state index contributed by atoms with van der Waals surface area (Å²) in [5.74, 6) is -0.129. The van der Waals surface area contributed by atoms with Gasteiger partial charge >= 0.3 is 0 Å². The molecule has 0 radical (unpaired) electrons. The molecule has 23 heavy (non-hydrogen) atoms. The number of hydrogen-bond acceptors (Lipinski definition) is 1. The molecule has 0 saturated carbocycles. The fourth-order valence-corrected chi connectivity index (χ4v) is 2.90. The molecule has 0 unspecified atom stereocenters. The highest BCUT2D eigenvalue weighted by atomic mass is 16.1. The Kier molecular flexibility index (Phi) is 3.12. The molecule has 0 saturated heterocycles. The van der Waals surface area contributed by atoms with Gasteiger partial charge in [-0.1, -0.05) is 48.5 Å². The van der Waals surface area contributed by atoms with E-state index in [0.29, 0.717) is 5.69 Å². The number of anilines is 1. The van der Waals surface area contributed by atoms with Crippen LogP contribution in [0.15, 0.2) is 66.7 Å². The average Bonchev–Trinajstić information content (AvgIpc) is 3.01. The van der Waals surface area contributed by atoms with Gasteiger partial charge in [0, 0.05) is 16.6 Å². The van der Waals surface area contributed by atoms with Gasteiger partial charge in [-0.25, -0.2) is 0 Å². The minimum absolute atomic E-state index is 0.129. The number of amides is 1. The van der Waals surface area contributed by atoms with Gasteiger partial charge in [0.25, 0.3) is 5.91 Å². The van der Waals surface area contributed by atoms with Crippen LogP contribution in [-0.4, -0.2) is 10.9 Å². The summed E-state index contributed by atoms with van der Waals surface area (Å²) in [6, 6.07) is 21.9. The van der Waals surface area contributed by atoms with Gasteiger partial charge in [0.05, 0.1) is 0 Å². The molecule has 112 valence electrons. The van der Waals surface area contributed by atoms with Crippen LogP contribution >= 0.6 is 0 Å². The Balaban J connectivity index is 1.66. The van der Waals surface area contributed by atoms with E-state index in [1.54, 1.807) is 0 Å². The summed E-state index contributed by atoms with van der Waals surface area (Å²) >= 11 is 0. The molecule has 1 aromatic heterocycles.